The van der Waals surface area contributed by atoms with E-state index in [0.29, 0.717) is 30.3 Å². The van der Waals surface area contributed by atoms with Crippen molar-refractivity contribution in [2.75, 3.05) is 18.4 Å². The van der Waals surface area contributed by atoms with Crippen molar-refractivity contribution in [1.29, 1.82) is 0 Å². The Hall–Kier alpha value is -2.17. The molecule has 1 aliphatic rings. The largest absolute Gasteiger partial charge is 0.342 e. The van der Waals surface area contributed by atoms with Gasteiger partial charge >= 0.3 is 0 Å². The number of carbonyl (C=O) groups is 3. The van der Waals surface area contributed by atoms with Gasteiger partial charge in [0.25, 0.3) is 0 Å². The molecule has 1 N–H and O–H groups in total. The first-order valence-electron chi connectivity index (χ1n) is 8.43. The van der Waals surface area contributed by atoms with Crippen molar-refractivity contribution in [2.24, 2.45) is 11.3 Å². The van der Waals surface area contributed by atoms with Gasteiger partial charge in [0.2, 0.25) is 11.8 Å². The number of hydrogen-bond donors (Lipinski definition) is 1. The Morgan fingerprint density at radius 3 is 2.58 bits per heavy atom. The molecule has 1 saturated heterocycles. The van der Waals surface area contributed by atoms with Crippen LogP contribution in [0.1, 0.15) is 50.9 Å². The van der Waals surface area contributed by atoms with E-state index in [2.05, 4.69) is 12.2 Å². The van der Waals surface area contributed by atoms with Crippen LogP contribution in [0.3, 0.4) is 0 Å². The lowest BCUT2D eigenvalue weighted by Gasteiger charge is -2.36. The van der Waals surface area contributed by atoms with Crippen LogP contribution < -0.4 is 5.32 Å². The standard InChI is InChI=1S/C19H26N2O3/c1-13-7-6-10-21(12-13)18(24)19(3,4)17(23)20-16-9-5-8-15(11-16)14(2)22/h5,8-9,11,13H,6-7,10,12H2,1-4H3,(H,20,23). The molecule has 1 aromatic rings. The summed E-state index contributed by atoms with van der Waals surface area (Å²) in [6, 6.07) is 6.76. The lowest BCUT2D eigenvalue weighted by molar-refractivity contribution is -0.147. The summed E-state index contributed by atoms with van der Waals surface area (Å²) in [5.41, 5.74) is -0.0918. The summed E-state index contributed by atoms with van der Waals surface area (Å²) in [5.74, 6) is -0.0988. The van der Waals surface area contributed by atoms with E-state index < -0.39 is 5.41 Å². The zero-order valence-corrected chi connectivity index (χ0v) is 14.9. The van der Waals surface area contributed by atoms with Crippen LogP contribution in [0, 0.1) is 11.3 Å². The van der Waals surface area contributed by atoms with Crippen LogP contribution in [0.25, 0.3) is 0 Å². The number of Topliss-reactive ketones (excluding diaryl/α,β-unsaturated/α-hetero) is 1. The average Bonchev–Trinajstić information content (AvgIpc) is 2.54. The van der Waals surface area contributed by atoms with Crippen LogP contribution in [0.15, 0.2) is 24.3 Å². The van der Waals surface area contributed by atoms with Gasteiger partial charge in [0.05, 0.1) is 0 Å². The van der Waals surface area contributed by atoms with E-state index in [1.165, 1.54) is 6.92 Å². The summed E-state index contributed by atoms with van der Waals surface area (Å²) in [7, 11) is 0. The quantitative estimate of drug-likeness (QED) is 0.681. The second-order valence-electron chi connectivity index (χ2n) is 7.21. The fraction of sp³-hybridized carbons (Fsp3) is 0.526. The summed E-state index contributed by atoms with van der Waals surface area (Å²) in [6.45, 7) is 8.32. The van der Waals surface area contributed by atoms with Crippen LogP contribution in [0.5, 0.6) is 0 Å². The molecule has 1 aromatic carbocycles. The van der Waals surface area contributed by atoms with E-state index in [4.69, 9.17) is 0 Å². The van der Waals surface area contributed by atoms with Gasteiger partial charge in [0, 0.05) is 24.3 Å². The summed E-state index contributed by atoms with van der Waals surface area (Å²) in [6.07, 6.45) is 2.10. The number of ketones is 1. The number of benzene rings is 1. The van der Waals surface area contributed by atoms with Crippen LogP contribution in [-0.4, -0.2) is 35.6 Å². The summed E-state index contributed by atoms with van der Waals surface area (Å²) >= 11 is 0. The van der Waals surface area contributed by atoms with E-state index in [9.17, 15) is 14.4 Å². The van der Waals surface area contributed by atoms with Gasteiger partial charge in [-0.1, -0.05) is 19.1 Å². The van der Waals surface area contributed by atoms with Gasteiger partial charge in [-0.2, -0.15) is 0 Å². The van der Waals surface area contributed by atoms with Crippen LogP contribution in [0.4, 0.5) is 5.69 Å². The average molecular weight is 330 g/mol. The number of likely N-dealkylation sites (tertiary alicyclic amines) is 1. The number of anilines is 1. The van der Waals surface area contributed by atoms with E-state index >= 15 is 0 Å². The second kappa shape index (κ2) is 7.16. The first-order valence-corrected chi connectivity index (χ1v) is 8.43. The zero-order valence-electron chi connectivity index (χ0n) is 14.9. The molecule has 0 bridgehead atoms. The van der Waals surface area contributed by atoms with Crippen molar-refractivity contribution >= 4 is 23.3 Å². The number of nitrogens with zero attached hydrogens (tertiary/aromatic N) is 1. The Labute approximate surface area is 143 Å². The first kappa shape index (κ1) is 18.2. The Bertz CT molecular complexity index is 652. The molecule has 0 aromatic heterocycles. The molecule has 0 spiro atoms. The smallest absolute Gasteiger partial charge is 0.239 e. The summed E-state index contributed by atoms with van der Waals surface area (Å²) < 4.78 is 0. The fourth-order valence-electron chi connectivity index (χ4n) is 2.97. The van der Waals surface area contributed by atoms with Gasteiger partial charge in [-0.25, -0.2) is 0 Å². The van der Waals surface area contributed by atoms with E-state index in [1.807, 2.05) is 0 Å². The topological polar surface area (TPSA) is 66.5 Å². The molecule has 2 amide bonds. The van der Waals surface area contributed by atoms with Crippen molar-refractivity contribution in [3.63, 3.8) is 0 Å². The number of piperidine rings is 1. The van der Waals surface area contributed by atoms with Crippen molar-refractivity contribution in [3.8, 4) is 0 Å². The van der Waals surface area contributed by atoms with Gasteiger partial charge in [-0.05, 0) is 51.7 Å². The maximum absolute atomic E-state index is 12.8. The first-order chi connectivity index (χ1) is 11.2. The highest BCUT2D eigenvalue weighted by Gasteiger charge is 2.40. The molecule has 1 aliphatic heterocycles. The highest BCUT2D eigenvalue weighted by molar-refractivity contribution is 6.10. The van der Waals surface area contributed by atoms with Crippen molar-refractivity contribution in [2.45, 2.75) is 40.5 Å². The predicted octanol–water partition coefficient (Wildman–Crippen LogP) is 3.11. The number of nitrogens with one attached hydrogen (secondary N) is 1. The molecule has 1 heterocycles. The number of carbonyl (C=O) groups excluding carboxylic acids is 3. The van der Waals surface area contributed by atoms with Gasteiger partial charge < -0.3 is 10.2 Å². The van der Waals surface area contributed by atoms with Gasteiger partial charge in [0.15, 0.2) is 5.78 Å². The highest BCUT2D eigenvalue weighted by Crippen LogP contribution is 2.26. The van der Waals surface area contributed by atoms with E-state index in [-0.39, 0.29) is 17.6 Å². The van der Waals surface area contributed by atoms with Gasteiger partial charge in [-0.3, -0.25) is 14.4 Å². The molecule has 1 atom stereocenters. The van der Waals surface area contributed by atoms with Crippen molar-refractivity contribution in [1.82, 2.24) is 4.90 Å². The fourth-order valence-corrected chi connectivity index (χ4v) is 2.97. The Kier molecular flexibility index (Phi) is 5.42. The normalized spacial score (nSPS) is 18.2. The van der Waals surface area contributed by atoms with Crippen molar-refractivity contribution in [3.05, 3.63) is 29.8 Å². The van der Waals surface area contributed by atoms with E-state index in [1.54, 1.807) is 43.0 Å². The minimum absolute atomic E-state index is 0.0660. The zero-order chi connectivity index (χ0) is 17.9. The SMILES string of the molecule is CC(=O)c1cccc(NC(=O)C(C)(C)C(=O)N2CCCC(C)C2)c1. The molecular weight excluding hydrogens is 304 g/mol. The van der Waals surface area contributed by atoms with Crippen molar-refractivity contribution < 1.29 is 14.4 Å². The Morgan fingerprint density at radius 2 is 1.96 bits per heavy atom. The van der Waals surface area contributed by atoms with Gasteiger partial charge in [-0.15, -0.1) is 0 Å². The molecule has 5 nitrogen and oxygen atoms in total. The Morgan fingerprint density at radius 1 is 1.25 bits per heavy atom. The molecule has 0 radical (unpaired) electrons. The molecular formula is C19H26N2O3. The highest BCUT2D eigenvalue weighted by atomic mass is 16.2. The third-order valence-corrected chi connectivity index (χ3v) is 4.57. The maximum atomic E-state index is 12.8. The summed E-state index contributed by atoms with van der Waals surface area (Å²) in [5, 5.41) is 2.77. The minimum Gasteiger partial charge on any atom is -0.342 e. The molecule has 0 saturated carbocycles. The molecule has 5 heteroatoms. The van der Waals surface area contributed by atoms with E-state index in [0.717, 1.165) is 12.8 Å². The number of hydrogen-bond acceptors (Lipinski definition) is 3. The molecule has 0 aliphatic carbocycles. The third kappa shape index (κ3) is 4.02. The lowest BCUT2D eigenvalue weighted by atomic mass is 9.88. The number of amides is 2. The van der Waals surface area contributed by atoms with Crippen LogP contribution in [0.2, 0.25) is 0 Å². The van der Waals surface area contributed by atoms with Gasteiger partial charge in [0.1, 0.15) is 5.41 Å². The molecule has 1 unspecified atom stereocenters. The molecule has 24 heavy (non-hydrogen) atoms. The second-order valence-corrected chi connectivity index (χ2v) is 7.21. The molecule has 130 valence electrons. The monoisotopic (exact) mass is 330 g/mol. The van der Waals surface area contributed by atoms with Crippen LogP contribution in [-0.2, 0) is 9.59 Å². The summed E-state index contributed by atoms with van der Waals surface area (Å²) in [4.78, 5) is 38.7. The van der Waals surface area contributed by atoms with Crippen LogP contribution >= 0.6 is 0 Å². The minimum atomic E-state index is -1.15. The lowest BCUT2D eigenvalue weighted by Crippen LogP contribution is -2.50. The predicted molar refractivity (Wildman–Crippen MR) is 93.8 cm³/mol. The molecule has 2 rings (SSSR count). The molecule has 1 fully saturated rings. The number of rotatable bonds is 4. The maximum Gasteiger partial charge on any atom is 0.239 e. The Balaban J connectivity index is 2.10. The third-order valence-electron chi connectivity index (χ3n) is 4.57.